The average molecular weight is 328 g/mol. The topological polar surface area (TPSA) is 46.2 Å². The van der Waals surface area contributed by atoms with Crippen LogP contribution in [0.3, 0.4) is 0 Å². The van der Waals surface area contributed by atoms with Crippen molar-refractivity contribution >= 4 is 29.5 Å². The van der Waals surface area contributed by atoms with E-state index in [1.165, 1.54) is 24.3 Å². The van der Waals surface area contributed by atoms with Gasteiger partial charge in [0.05, 0.1) is 10.6 Å². The predicted octanol–water partition coefficient (Wildman–Crippen LogP) is 4.42. The third-order valence-electron chi connectivity index (χ3n) is 2.83. The SMILES string of the molecule is O=Cc1cc(NC(=O)c2cccc(C(F)(F)F)c2)ccc1Cl. The number of hydrogen-bond acceptors (Lipinski definition) is 2. The summed E-state index contributed by atoms with van der Waals surface area (Å²) >= 11 is 5.75. The van der Waals surface area contributed by atoms with Gasteiger partial charge in [-0.1, -0.05) is 17.7 Å². The molecule has 0 saturated heterocycles. The molecule has 0 heterocycles. The van der Waals surface area contributed by atoms with Crippen LogP contribution in [-0.2, 0) is 6.18 Å². The van der Waals surface area contributed by atoms with Gasteiger partial charge in [-0.25, -0.2) is 0 Å². The minimum absolute atomic E-state index is 0.141. The third kappa shape index (κ3) is 3.65. The minimum Gasteiger partial charge on any atom is -0.322 e. The van der Waals surface area contributed by atoms with Crippen LogP contribution in [0.5, 0.6) is 0 Å². The quantitative estimate of drug-likeness (QED) is 0.848. The highest BCUT2D eigenvalue weighted by atomic mass is 35.5. The first kappa shape index (κ1) is 16.0. The molecule has 7 heteroatoms. The van der Waals surface area contributed by atoms with Crippen LogP contribution in [-0.4, -0.2) is 12.2 Å². The van der Waals surface area contributed by atoms with Gasteiger partial charge in [0.25, 0.3) is 5.91 Å². The van der Waals surface area contributed by atoms with Gasteiger partial charge in [-0.15, -0.1) is 0 Å². The van der Waals surface area contributed by atoms with E-state index < -0.39 is 17.6 Å². The van der Waals surface area contributed by atoms with E-state index in [9.17, 15) is 22.8 Å². The number of halogens is 4. The third-order valence-corrected chi connectivity index (χ3v) is 3.18. The summed E-state index contributed by atoms with van der Waals surface area (Å²) in [5.41, 5.74) is -0.625. The molecule has 1 N–H and O–H groups in total. The van der Waals surface area contributed by atoms with E-state index in [0.717, 1.165) is 18.2 Å². The maximum absolute atomic E-state index is 12.6. The average Bonchev–Trinajstić information content (AvgIpc) is 2.48. The van der Waals surface area contributed by atoms with Gasteiger partial charge in [0.15, 0.2) is 6.29 Å². The molecule has 0 aliphatic carbocycles. The lowest BCUT2D eigenvalue weighted by Gasteiger charge is -2.10. The van der Waals surface area contributed by atoms with Crippen molar-refractivity contribution in [3.05, 3.63) is 64.2 Å². The number of nitrogens with one attached hydrogen (secondary N) is 1. The minimum atomic E-state index is -4.53. The highest BCUT2D eigenvalue weighted by Crippen LogP contribution is 2.29. The van der Waals surface area contributed by atoms with Gasteiger partial charge in [-0.2, -0.15) is 13.2 Å². The van der Waals surface area contributed by atoms with Crippen LogP contribution in [0.1, 0.15) is 26.3 Å². The van der Waals surface area contributed by atoms with Gasteiger partial charge >= 0.3 is 6.18 Å². The fourth-order valence-electron chi connectivity index (χ4n) is 1.75. The Labute approximate surface area is 128 Å². The first-order valence-electron chi connectivity index (χ1n) is 6.04. The summed E-state index contributed by atoms with van der Waals surface area (Å²) in [7, 11) is 0. The van der Waals surface area contributed by atoms with Crippen molar-refractivity contribution < 1.29 is 22.8 Å². The molecule has 0 spiro atoms. The molecule has 22 heavy (non-hydrogen) atoms. The molecular weight excluding hydrogens is 319 g/mol. The standard InChI is InChI=1S/C15H9ClF3NO2/c16-13-5-4-12(7-10(13)8-21)20-14(22)9-2-1-3-11(6-9)15(17,18)19/h1-8H,(H,20,22). The Hall–Kier alpha value is -2.34. The number of rotatable bonds is 3. The Morgan fingerprint density at radius 3 is 2.50 bits per heavy atom. The van der Waals surface area contributed by atoms with E-state index in [4.69, 9.17) is 11.6 Å². The van der Waals surface area contributed by atoms with Gasteiger partial charge in [-0.05, 0) is 36.4 Å². The molecule has 0 bridgehead atoms. The van der Waals surface area contributed by atoms with Crippen LogP contribution < -0.4 is 5.32 Å². The van der Waals surface area contributed by atoms with Gasteiger partial charge in [0.2, 0.25) is 0 Å². The second-order valence-corrected chi connectivity index (χ2v) is 4.79. The van der Waals surface area contributed by atoms with Crippen LogP contribution >= 0.6 is 11.6 Å². The molecule has 114 valence electrons. The summed E-state index contributed by atoms with van der Waals surface area (Å²) in [4.78, 5) is 22.7. The first-order valence-corrected chi connectivity index (χ1v) is 6.42. The lowest BCUT2D eigenvalue weighted by molar-refractivity contribution is -0.137. The lowest BCUT2D eigenvalue weighted by atomic mass is 10.1. The van der Waals surface area contributed by atoms with E-state index in [0.29, 0.717) is 6.29 Å². The van der Waals surface area contributed by atoms with Crippen molar-refractivity contribution in [1.29, 1.82) is 0 Å². The molecule has 3 nitrogen and oxygen atoms in total. The number of anilines is 1. The first-order chi connectivity index (χ1) is 10.3. The molecular formula is C15H9ClF3NO2. The number of alkyl halides is 3. The normalized spacial score (nSPS) is 11.1. The molecule has 2 rings (SSSR count). The Bertz CT molecular complexity index is 729. The Balaban J connectivity index is 2.24. The molecule has 0 atom stereocenters. The smallest absolute Gasteiger partial charge is 0.322 e. The van der Waals surface area contributed by atoms with Crippen LogP contribution in [0.25, 0.3) is 0 Å². The number of aldehydes is 1. The van der Waals surface area contributed by atoms with Crippen LogP contribution in [0.15, 0.2) is 42.5 Å². The molecule has 0 aliphatic rings. The van der Waals surface area contributed by atoms with Crippen LogP contribution in [0.2, 0.25) is 5.02 Å². The molecule has 0 unspecified atom stereocenters. The van der Waals surface area contributed by atoms with E-state index in [-0.39, 0.29) is 21.8 Å². The van der Waals surface area contributed by atoms with Crippen molar-refractivity contribution in [2.24, 2.45) is 0 Å². The second-order valence-electron chi connectivity index (χ2n) is 4.39. The molecule has 1 amide bonds. The van der Waals surface area contributed by atoms with Gasteiger partial charge in [0, 0.05) is 16.8 Å². The van der Waals surface area contributed by atoms with E-state index in [1.54, 1.807) is 0 Å². The zero-order valence-corrected chi connectivity index (χ0v) is 11.7. The maximum Gasteiger partial charge on any atom is 0.416 e. The number of amides is 1. The van der Waals surface area contributed by atoms with Gasteiger partial charge < -0.3 is 5.32 Å². The highest BCUT2D eigenvalue weighted by Gasteiger charge is 2.30. The summed E-state index contributed by atoms with van der Waals surface area (Å²) in [6, 6.07) is 8.24. The van der Waals surface area contributed by atoms with E-state index in [1.807, 2.05) is 0 Å². The fourth-order valence-corrected chi connectivity index (χ4v) is 1.91. The number of carbonyl (C=O) groups is 2. The molecule has 0 saturated carbocycles. The Morgan fingerprint density at radius 2 is 1.86 bits per heavy atom. The van der Waals surface area contributed by atoms with Gasteiger partial charge in [-0.3, -0.25) is 9.59 Å². The monoisotopic (exact) mass is 327 g/mol. The predicted molar refractivity (Wildman–Crippen MR) is 76.2 cm³/mol. The van der Waals surface area contributed by atoms with Crippen molar-refractivity contribution in [2.45, 2.75) is 6.18 Å². The van der Waals surface area contributed by atoms with Crippen LogP contribution in [0.4, 0.5) is 18.9 Å². The second kappa shape index (κ2) is 6.19. The van der Waals surface area contributed by atoms with Crippen LogP contribution in [0, 0.1) is 0 Å². The summed E-state index contributed by atoms with van der Waals surface area (Å²) in [6.07, 6.45) is -4.01. The zero-order valence-electron chi connectivity index (χ0n) is 10.9. The number of hydrogen-bond donors (Lipinski definition) is 1. The van der Waals surface area contributed by atoms with E-state index in [2.05, 4.69) is 5.32 Å². The summed E-state index contributed by atoms with van der Waals surface area (Å²) in [5.74, 6) is -0.717. The fraction of sp³-hybridized carbons (Fsp3) is 0.0667. The molecule has 2 aromatic rings. The summed E-state index contributed by atoms with van der Waals surface area (Å²) in [6.45, 7) is 0. The summed E-state index contributed by atoms with van der Waals surface area (Å²) < 4.78 is 37.8. The Morgan fingerprint density at radius 1 is 1.14 bits per heavy atom. The largest absolute Gasteiger partial charge is 0.416 e. The molecule has 2 aromatic carbocycles. The van der Waals surface area contributed by atoms with Gasteiger partial charge in [0.1, 0.15) is 0 Å². The van der Waals surface area contributed by atoms with Crippen molar-refractivity contribution in [3.8, 4) is 0 Å². The molecule has 0 aliphatic heterocycles. The molecule has 0 radical (unpaired) electrons. The zero-order chi connectivity index (χ0) is 16.3. The Kier molecular flexibility index (Phi) is 4.51. The molecule has 0 fully saturated rings. The number of carbonyl (C=O) groups excluding carboxylic acids is 2. The number of benzene rings is 2. The summed E-state index contributed by atoms with van der Waals surface area (Å²) in [5, 5.41) is 2.63. The maximum atomic E-state index is 12.6. The molecule has 0 aromatic heterocycles. The van der Waals surface area contributed by atoms with Crippen molar-refractivity contribution in [3.63, 3.8) is 0 Å². The van der Waals surface area contributed by atoms with Crippen molar-refractivity contribution in [1.82, 2.24) is 0 Å². The van der Waals surface area contributed by atoms with E-state index >= 15 is 0 Å². The van der Waals surface area contributed by atoms with Crippen molar-refractivity contribution in [2.75, 3.05) is 5.32 Å². The highest BCUT2D eigenvalue weighted by molar-refractivity contribution is 6.33. The lowest BCUT2D eigenvalue weighted by Crippen LogP contribution is -2.14.